The molecular formula is C21H33FN4O. The SMILES string of the molecule is CC1CCC(F)C2CC(C(=O)NC(C3CC3)C3NCCC(C#N)C3C)NC12. The van der Waals surface area contributed by atoms with Gasteiger partial charge < -0.3 is 16.0 Å². The molecule has 2 heterocycles. The molecule has 0 aromatic carbocycles. The molecule has 2 aliphatic heterocycles. The summed E-state index contributed by atoms with van der Waals surface area (Å²) >= 11 is 0. The van der Waals surface area contributed by atoms with Gasteiger partial charge in [-0.05, 0) is 62.8 Å². The third kappa shape index (κ3) is 3.73. The molecule has 150 valence electrons. The first-order valence-corrected chi connectivity index (χ1v) is 10.8. The topological polar surface area (TPSA) is 77.0 Å². The Morgan fingerprint density at radius 2 is 2.00 bits per heavy atom. The Labute approximate surface area is 161 Å². The summed E-state index contributed by atoms with van der Waals surface area (Å²) in [5.41, 5.74) is 0. The van der Waals surface area contributed by atoms with Crippen LogP contribution in [0.3, 0.4) is 0 Å². The Morgan fingerprint density at radius 3 is 2.67 bits per heavy atom. The van der Waals surface area contributed by atoms with E-state index in [1.807, 2.05) is 0 Å². The van der Waals surface area contributed by atoms with E-state index in [2.05, 4.69) is 35.9 Å². The van der Waals surface area contributed by atoms with Gasteiger partial charge >= 0.3 is 0 Å². The molecule has 2 saturated heterocycles. The Bertz CT molecular complexity index is 585. The van der Waals surface area contributed by atoms with Crippen molar-refractivity contribution >= 4 is 5.91 Å². The van der Waals surface area contributed by atoms with Gasteiger partial charge in [-0.15, -0.1) is 0 Å². The predicted octanol–water partition coefficient (Wildman–Crippen LogP) is 2.13. The lowest BCUT2D eigenvalue weighted by Gasteiger charge is -2.39. The van der Waals surface area contributed by atoms with Crippen molar-refractivity contribution in [1.82, 2.24) is 16.0 Å². The summed E-state index contributed by atoms with van der Waals surface area (Å²) in [5.74, 6) is 1.20. The number of carbonyl (C=O) groups is 1. The van der Waals surface area contributed by atoms with Crippen molar-refractivity contribution in [2.75, 3.05) is 6.54 Å². The lowest BCUT2D eigenvalue weighted by molar-refractivity contribution is -0.124. The summed E-state index contributed by atoms with van der Waals surface area (Å²) in [4.78, 5) is 13.1. The average Bonchev–Trinajstić information content (AvgIpc) is 3.40. The second-order valence-electron chi connectivity index (χ2n) is 9.45. The monoisotopic (exact) mass is 376 g/mol. The average molecular weight is 377 g/mol. The van der Waals surface area contributed by atoms with Crippen LogP contribution >= 0.6 is 0 Å². The van der Waals surface area contributed by atoms with E-state index >= 15 is 0 Å². The van der Waals surface area contributed by atoms with Crippen molar-refractivity contribution in [3.63, 3.8) is 0 Å². The molecule has 3 N–H and O–H groups in total. The fourth-order valence-electron chi connectivity index (χ4n) is 5.76. The minimum absolute atomic E-state index is 0.0220. The number of amides is 1. The lowest BCUT2D eigenvalue weighted by Crippen LogP contribution is -2.60. The maximum absolute atomic E-state index is 14.4. The summed E-state index contributed by atoms with van der Waals surface area (Å²) in [6, 6.07) is 2.51. The van der Waals surface area contributed by atoms with E-state index in [0.717, 1.165) is 32.2 Å². The van der Waals surface area contributed by atoms with Gasteiger partial charge in [0.05, 0.1) is 18.0 Å². The highest BCUT2D eigenvalue weighted by atomic mass is 19.1. The van der Waals surface area contributed by atoms with Gasteiger partial charge in [-0.1, -0.05) is 13.8 Å². The molecule has 0 radical (unpaired) electrons. The molecular weight excluding hydrogens is 343 g/mol. The van der Waals surface area contributed by atoms with Crippen LogP contribution in [0.5, 0.6) is 0 Å². The van der Waals surface area contributed by atoms with Crippen LogP contribution in [0.4, 0.5) is 4.39 Å². The first-order chi connectivity index (χ1) is 13.0. The Kier molecular flexibility index (Phi) is 5.44. The van der Waals surface area contributed by atoms with Crippen LogP contribution < -0.4 is 16.0 Å². The summed E-state index contributed by atoms with van der Waals surface area (Å²) in [5, 5.41) is 19.8. The van der Waals surface area contributed by atoms with Crippen molar-refractivity contribution in [2.24, 2.45) is 29.6 Å². The van der Waals surface area contributed by atoms with E-state index < -0.39 is 6.17 Å². The van der Waals surface area contributed by atoms with Crippen molar-refractivity contribution in [3.05, 3.63) is 0 Å². The lowest BCUT2D eigenvalue weighted by atomic mass is 9.77. The first kappa shape index (κ1) is 19.1. The number of rotatable bonds is 4. The molecule has 27 heavy (non-hydrogen) atoms. The van der Waals surface area contributed by atoms with Crippen LogP contribution in [0.15, 0.2) is 0 Å². The predicted molar refractivity (Wildman–Crippen MR) is 101 cm³/mol. The molecule has 0 bridgehead atoms. The van der Waals surface area contributed by atoms with E-state index in [0.29, 0.717) is 24.7 Å². The van der Waals surface area contributed by atoms with E-state index in [-0.39, 0.29) is 47.8 Å². The van der Waals surface area contributed by atoms with Gasteiger partial charge in [-0.25, -0.2) is 4.39 Å². The number of halogens is 1. The van der Waals surface area contributed by atoms with Gasteiger partial charge in [0.1, 0.15) is 6.17 Å². The Balaban J connectivity index is 1.42. The molecule has 0 aromatic rings. The number of nitrogens with zero attached hydrogens (tertiary/aromatic N) is 1. The minimum Gasteiger partial charge on any atom is -0.350 e. The zero-order valence-electron chi connectivity index (χ0n) is 16.5. The zero-order valence-corrected chi connectivity index (χ0v) is 16.5. The number of nitriles is 1. The zero-order chi connectivity index (χ0) is 19.1. The van der Waals surface area contributed by atoms with E-state index in [9.17, 15) is 14.4 Å². The standard InChI is InChI=1S/C21H33FN4O/c1-11-3-6-16(22)15-9-17(25-18(11)15)21(27)26-20(13-4-5-13)19-12(2)14(10-23)7-8-24-19/h11-20,24-25H,3-9H2,1-2H3,(H,26,27). The van der Waals surface area contributed by atoms with E-state index in [1.165, 1.54) is 0 Å². The quantitative estimate of drug-likeness (QED) is 0.703. The van der Waals surface area contributed by atoms with Crippen LogP contribution in [0, 0.1) is 40.9 Å². The largest absolute Gasteiger partial charge is 0.350 e. The van der Waals surface area contributed by atoms with Gasteiger partial charge in [-0.3, -0.25) is 4.79 Å². The number of fused-ring (bicyclic) bond motifs is 1. The maximum atomic E-state index is 14.4. The molecule has 2 saturated carbocycles. The van der Waals surface area contributed by atoms with Crippen LogP contribution in [-0.2, 0) is 4.79 Å². The third-order valence-electron chi connectivity index (χ3n) is 7.68. The highest BCUT2D eigenvalue weighted by Crippen LogP contribution is 2.40. The van der Waals surface area contributed by atoms with Crippen molar-refractivity contribution in [2.45, 2.75) is 82.7 Å². The van der Waals surface area contributed by atoms with Crippen LogP contribution in [-0.4, -0.2) is 42.8 Å². The maximum Gasteiger partial charge on any atom is 0.237 e. The molecule has 9 atom stereocenters. The number of nitrogens with one attached hydrogen (secondary N) is 3. The number of hydrogen-bond acceptors (Lipinski definition) is 4. The number of piperidine rings is 1. The molecule has 0 aromatic heterocycles. The Morgan fingerprint density at radius 1 is 1.22 bits per heavy atom. The van der Waals surface area contributed by atoms with Gasteiger partial charge in [0, 0.05) is 24.0 Å². The fourth-order valence-corrected chi connectivity index (χ4v) is 5.76. The van der Waals surface area contributed by atoms with Gasteiger partial charge in [-0.2, -0.15) is 5.26 Å². The molecule has 6 heteroatoms. The molecule has 4 rings (SSSR count). The van der Waals surface area contributed by atoms with Crippen LogP contribution in [0.2, 0.25) is 0 Å². The smallest absolute Gasteiger partial charge is 0.237 e. The molecule has 2 aliphatic carbocycles. The highest BCUT2D eigenvalue weighted by molar-refractivity contribution is 5.82. The molecule has 1 amide bonds. The third-order valence-corrected chi connectivity index (χ3v) is 7.68. The number of carbonyl (C=O) groups excluding carboxylic acids is 1. The molecule has 9 unspecified atom stereocenters. The fraction of sp³-hybridized carbons (Fsp3) is 0.905. The van der Waals surface area contributed by atoms with Gasteiger partial charge in [0.2, 0.25) is 5.91 Å². The van der Waals surface area contributed by atoms with Gasteiger partial charge in [0.15, 0.2) is 0 Å². The summed E-state index contributed by atoms with van der Waals surface area (Å²) < 4.78 is 14.4. The summed E-state index contributed by atoms with van der Waals surface area (Å²) in [6.45, 7) is 5.13. The second kappa shape index (κ2) is 7.67. The molecule has 4 aliphatic rings. The Hall–Kier alpha value is -1.19. The van der Waals surface area contributed by atoms with Crippen molar-refractivity contribution < 1.29 is 9.18 Å². The highest BCUT2D eigenvalue weighted by Gasteiger charge is 2.48. The minimum atomic E-state index is -0.785. The second-order valence-corrected chi connectivity index (χ2v) is 9.45. The van der Waals surface area contributed by atoms with Crippen molar-refractivity contribution in [1.29, 1.82) is 5.26 Å². The number of alkyl halides is 1. The van der Waals surface area contributed by atoms with Crippen molar-refractivity contribution in [3.8, 4) is 6.07 Å². The molecule has 4 fully saturated rings. The van der Waals surface area contributed by atoms with E-state index in [4.69, 9.17) is 0 Å². The van der Waals surface area contributed by atoms with Gasteiger partial charge in [0.25, 0.3) is 0 Å². The number of hydrogen-bond donors (Lipinski definition) is 3. The molecule has 5 nitrogen and oxygen atoms in total. The first-order valence-electron chi connectivity index (χ1n) is 10.8. The summed E-state index contributed by atoms with van der Waals surface area (Å²) in [7, 11) is 0. The molecule has 0 spiro atoms. The normalized spacial score (nSPS) is 45.6. The summed E-state index contributed by atoms with van der Waals surface area (Å²) in [6.07, 6.45) is 4.50. The van der Waals surface area contributed by atoms with E-state index in [1.54, 1.807) is 0 Å². The van der Waals surface area contributed by atoms with Crippen LogP contribution in [0.1, 0.15) is 52.4 Å². The van der Waals surface area contributed by atoms with Crippen LogP contribution in [0.25, 0.3) is 0 Å².